The van der Waals surface area contributed by atoms with Crippen molar-refractivity contribution < 1.29 is 22.8 Å². The van der Waals surface area contributed by atoms with E-state index >= 15 is 0 Å². The summed E-state index contributed by atoms with van der Waals surface area (Å²) < 4.78 is 37.8. The van der Waals surface area contributed by atoms with Crippen LogP contribution in [0.3, 0.4) is 0 Å². The standard InChI is InChI=1S/C22H24F3N3O2/c23-22(24,25)17-7-9-18(10-8-17)27-20(29)11-6-16-4-3-13-28(15-16)21(30)14-19-5-1-2-12-26-19/h1-2,5,7-10,12,16H,3-4,6,11,13-15H2,(H,27,29). The molecule has 1 fully saturated rings. The molecule has 160 valence electrons. The first-order valence-corrected chi connectivity index (χ1v) is 9.96. The number of hydrogen-bond acceptors (Lipinski definition) is 3. The van der Waals surface area contributed by atoms with Gasteiger partial charge in [-0.15, -0.1) is 0 Å². The summed E-state index contributed by atoms with van der Waals surface area (Å²) in [6.07, 6.45) is 0.246. The van der Waals surface area contributed by atoms with Gasteiger partial charge in [0, 0.05) is 37.1 Å². The van der Waals surface area contributed by atoms with Gasteiger partial charge in [-0.05, 0) is 61.6 Å². The summed E-state index contributed by atoms with van der Waals surface area (Å²) in [4.78, 5) is 30.7. The number of rotatable bonds is 6. The number of amides is 2. The van der Waals surface area contributed by atoms with Crippen molar-refractivity contribution in [2.45, 2.75) is 38.3 Å². The van der Waals surface area contributed by atoms with Crippen LogP contribution in [0.15, 0.2) is 48.7 Å². The van der Waals surface area contributed by atoms with Gasteiger partial charge in [-0.3, -0.25) is 14.6 Å². The van der Waals surface area contributed by atoms with E-state index in [0.717, 1.165) is 30.7 Å². The molecule has 0 saturated carbocycles. The largest absolute Gasteiger partial charge is 0.416 e. The van der Waals surface area contributed by atoms with Crippen LogP contribution in [0.5, 0.6) is 0 Å². The van der Waals surface area contributed by atoms with Gasteiger partial charge in [0.1, 0.15) is 0 Å². The number of alkyl halides is 3. The molecule has 2 amide bonds. The van der Waals surface area contributed by atoms with Crippen molar-refractivity contribution in [1.29, 1.82) is 0 Å². The fourth-order valence-electron chi connectivity index (χ4n) is 3.60. The summed E-state index contributed by atoms with van der Waals surface area (Å²) in [5.74, 6) is 0.0177. The number of carbonyl (C=O) groups excluding carboxylic acids is 2. The van der Waals surface area contributed by atoms with Crippen LogP contribution in [0.25, 0.3) is 0 Å². The second-order valence-corrected chi connectivity index (χ2v) is 7.51. The van der Waals surface area contributed by atoms with Crippen LogP contribution in [0.2, 0.25) is 0 Å². The van der Waals surface area contributed by atoms with Gasteiger partial charge < -0.3 is 10.2 Å². The van der Waals surface area contributed by atoms with Crippen molar-refractivity contribution in [3.8, 4) is 0 Å². The molecular formula is C22H24F3N3O2. The van der Waals surface area contributed by atoms with Crippen LogP contribution in [-0.2, 0) is 22.2 Å². The fourth-order valence-corrected chi connectivity index (χ4v) is 3.60. The zero-order valence-electron chi connectivity index (χ0n) is 16.5. The van der Waals surface area contributed by atoms with E-state index in [0.29, 0.717) is 25.2 Å². The van der Waals surface area contributed by atoms with E-state index < -0.39 is 11.7 Å². The summed E-state index contributed by atoms with van der Waals surface area (Å²) in [5.41, 5.74) is 0.322. The predicted octanol–water partition coefficient (Wildman–Crippen LogP) is 4.30. The highest BCUT2D eigenvalue weighted by Crippen LogP contribution is 2.30. The van der Waals surface area contributed by atoms with Crippen molar-refractivity contribution >= 4 is 17.5 Å². The van der Waals surface area contributed by atoms with Gasteiger partial charge in [0.25, 0.3) is 0 Å². The molecule has 2 heterocycles. The third-order valence-electron chi connectivity index (χ3n) is 5.21. The summed E-state index contributed by atoms with van der Waals surface area (Å²) in [6, 6.07) is 9.87. The average molecular weight is 419 g/mol. The summed E-state index contributed by atoms with van der Waals surface area (Å²) >= 11 is 0. The molecule has 30 heavy (non-hydrogen) atoms. The van der Waals surface area contributed by atoms with Crippen LogP contribution in [0, 0.1) is 5.92 Å². The molecule has 5 nitrogen and oxygen atoms in total. The lowest BCUT2D eigenvalue weighted by Crippen LogP contribution is -2.41. The van der Waals surface area contributed by atoms with Gasteiger partial charge in [-0.2, -0.15) is 13.2 Å². The molecule has 8 heteroatoms. The number of nitrogens with one attached hydrogen (secondary N) is 1. The Hall–Kier alpha value is -2.90. The smallest absolute Gasteiger partial charge is 0.342 e. The molecule has 0 radical (unpaired) electrons. The Kier molecular flexibility index (Phi) is 7.07. The highest BCUT2D eigenvalue weighted by Gasteiger charge is 2.30. The van der Waals surface area contributed by atoms with E-state index in [2.05, 4.69) is 10.3 Å². The number of likely N-dealkylation sites (tertiary alicyclic amines) is 1. The van der Waals surface area contributed by atoms with Gasteiger partial charge in [0.2, 0.25) is 11.8 Å². The van der Waals surface area contributed by atoms with Gasteiger partial charge in [-0.1, -0.05) is 6.07 Å². The molecule has 1 unspecified atom stereocenters. The van der Waals surface area contributed by atoms with E-state index in [-0.39, 0.29) is 30.6 Å². The number of halogens is 3. The van der Waals surface area contributed by atoms with Crippen molar-refractivity contribution in [2.24, 2.45) is 5.92 Å². The van der Waals surface area contributed by atoms with E-state index in [9.17, 15) is 22.8 Å². The summed E-state index contributed by atoms with van der Waals surface area (Å²) in [6.45, 7) is 1.32. The van der Waals surface area contributed by atoms with Crippen molar-refractivity contribution in [2.75, 3.05) is 18.4 Å². The molecule has 1 atom stereocenters. The van der Waals surface area contributed by atoms with E-state index in [1.165, 1.54) is 12.1 Å². The third-order valence-corrected chi connectivity index (χ3v) is 5.21. The number of hydrogen-bond donors (Lipinski definition) is 1. The fraction of sp³-hybridized carbons (Fsp3) is 0.409. The minimum atomic E-state index is -4.40. The minimum Gasteiger partial charge on any atom is -0.342 e. The number of nitrogens with zero attached hydrogens (tertiary/aromatic N) is 2. The SMILES string of the molecule is O=C(CCC1CCCN(C(=O)Cc2ccccn2)C1)Nc1ccc(C(F)(F)F)cc1. The second-order valence-electron chi connectivity index (χ2n) is 7.51. The number of anilines is 1. The highest BCUT2D eigenvalue weighted by atomic mass is 19.4. The first-order valence-electron chi connectivity index (χ1n) is 9.96. The maximum atomic E-state index is 12.6. The molecule has 2 aromatic rings. The van der Waals surface area contributed by atoms with Crippen LogP contribution in [0.4, 0.5) is 18.9 Å². The molecule has 1 aromatic heterocycles. The summed E-state index contributed by atoms with van der Waals surface area (Å²) in [7, 11) is 0. The summed E-state index contributed by atoms with van der Waals surface area (Å²) in [5, 5.41) is 2.63. The lowest BCUT2D eigenvalue weighted by Gasteiger charge is -2.32. The maximum Gasteiger partial charge on any atom is 0.416 e. The second kappa shape index (κ2) is 9.73. The molecule has 1 aromatic carbocycles. The monoisotopic (exact) mass is 419 g/mol. The predicted molar refractivity (Wildman–Crippen MR) is 107 cm³/mol. The number of piperidine rings is 1. The Morgan fingerprint density at radius 3 is 2.57 bits per heavy atom. The van der Waals surface area contributed by atoms with Crippen molar-refractivity contribution in [3.63, 3.8) is 0 Å². The van der Waals surface area contributed by atoms with Gasteiger partial charge in [0.15, 0.2) is 0 Å². The van der Waals surface area contributed by atoms with Crippen LogP contribution < -0.4 is 5.32 Å². The molecule has 0 spiro atoms. The highest BCUT2D eigenvalue weighted by molar-refractivity contribution is 5.90. The Morgan fingerprint density at radius 1 is 1.13 bits per heavy atom. The molecule has 1 aliphatic rings. The van der Waals surface area contributed by atoms with Crippen molar-refractivity contribution in [3.05, 3.63) is 59.9 Å². The number of pyridine rings is 1. The van der Waals surface area contributed by atoms with Crippen LogP contribution >= 0.6 is 0 Å². The Labute approximate surface area is 173 Å². The van der Waals surface area contributed by atoms with Crippen LogP contribution in [-0.4, -0.2) is 34.8 Å². The van der Waals surface area contributed by atoms with E-state index in [1.54, 1.807) is 12.3 Å². The lowest BCUT2D eigenvalue weighted by molar-refractivity contribution is -0.137. The van der Waals surface area contributed by atoms with E-state index in [1.807, 2.05) is 17.0 Å². The third kappa shape index (κ3) is 6.30. The molecular weight excluding hydrogens is 395 g/mol. The molecule has 0 aliphatic carbocycles. The zero-order chi connectivity index (χ0) is 21.6. The normalized spacial score (nSPS) is 16.9. The number of benzene rings is 1. The molecule has 1 N–H and O–H groups in total. The van der Waals surface area contributed by atoms with E-state index in [4.69, 9.17) is 0 Å². The maximum absolute atomic E-state index is 12.6. The van der Waals surface area contributed by atoms with Gasteiger partial charge >= 0.3 is 6.18 Å². The Morgan fingerprint density at radius 2 is 1.90 bits per heavy atom. The van der Waals surface area contributed by atoms with Gasteiger partial charge in [-0.25, -0.2) is 0 Å². The van der Waals surface area contributed by atoms with Crippen molar-refractivity contribution in [1.82, 2.24) is 9.88 Å². The Balaban J connectivity index is 1.44. The molecule has 0 bridgehead atoms. The number of aromatic nitrogens is 1. The zero-order valence-corrected chi connectivity index (χ0v) is 16.5. The Bertz CT molecular complexity index is 854. The molecule has 1 saturated heterocycles. The molecule has 1 aliphatic heterocycles. The average Bonchev–Trinajstić information content (AvgIpc) is 2.73. The van der Waals surface area contributed by atoms with Gasteiger partial charge in [0.05, 0.1) is 12.0 Å². The lowest BCUT2D eigenvalue weighted by atomic mass is 9.93. The number of carbonyl (C=O) groups is 2. The van der Waals surface area contributed by atoms with Crippen LogP contribution in [0.1, 0.15) is 36.9 Å². The first kappa shape index (κ1) is 21.8. The minimum absolute atomic E-state index is 0.0348. The topological polar surface area (TPSA) is 62.3 Å². The first-order chi connectivity index (χ1) is 14.3. The molecule has 3 rings (SSSR count). The quantitative estimate of drug-likeness (QED) is 0.759.